The standard InChI is InChI=1S/C10H10.C3H6O/c1-3-9-7-5-6-8-10(9)4-2;1-3(2)4/h3-8H,1-2H2;1-2H3. The van der Waals surface area contributed by atoms with Gasteiger partial charge in [-0.2, -0.15) is 0 Å². The van der Waals surface area contributed by atoms with Crippen LogP contribution in [0, 0.1) is 0 Å². The first kappa shape index (κ1) is 12.4. The van der Waals surface area contributed by atoms with Crippen LogP contribution in [0.5, 0.6) is 0 Å². The molecule has 0 spiro atoms. The summed E-state index contributed by atoms with van der Waals surface area (Å²) in [6, 6.07) is 8.02. The maximum absolute atomic E-state index is 9.44. The van der Waals surface area contributed by atoms with Crippen molar-refractivity contribution in [3.8, 4) is 0 Å². The summed E-state index contributed by atoms with van der Waals surface area (Å²) < 4.78 is 0. The van der Waals surface area contributed by atoms with Gasteiger partial charge in [-0.1, -0.05) is 49.6 Å². The summed E-state index contributed by atoms with van der Waals surface area (Å²) in [6.45, 7) is 10.4. The largest absolute Gasteiger partial charge is 0.300 e. The molecule has 0 aromatic heterocycles. The van der Waals surface area contributed by atoms with E-state index in [1.807, 2.05) is 36.4 Å². The van der Waals surface area contributed by atoms with Gasteiger partial charge in [0.05, 0.1) is 0 Å². The second kappa shape index (κ2) is 6.84. The number of ketones is 1. The van der Waals surface area contributed by atoms with E-state index in [0.717, 1.165) is 11.1 Å². The van der Waals surface area contributed by atoms with E-state index in [9.17, 15) is 4.79 Å². The van der Waals surface area contributed by atoms with Crippen molar-refractivity contribution in [1.29, 1.82) is 0 Å². The Morgan fingerprint density at radius 3 is 1.57 bits per heavy atom. The zero-order chi connectivity index (χ0) is 11.0. The molecule has 0 saturated carbocycles. The van der Waals surface area contributed by atoms with Crippen LogP contribution in [0.1, 0.15) is 25.0 Å². The molecule has 14 heavy (non-hydrogen) atoms. The summed E-state index contributed by atoms with van der Waals surface area (Å²) in [5.74, 6) is 0.167. The molecule has 0 amide bonds. The number of rotatable bonds is 2. The SMILES string of the molecule is C=Cc1ccccc1C=C.CC(C)=O. The fourth-order valence-electron chi connectivity index (χ4n) is 0.883. The summed E-state index contributed by atoms with van der Waals surface area (Å²) in [6.07, 6.45) is 3.66. The highest BCUT2D eigenvalue weighted by molar-refractivity contribution is 5.72. The van der Waals surface area contributed by atoms with Gasteiger partial charge in [0.1, 0.15) is 5.78 Å². The van der Waals surface area contributed by atoms with Gasteiger partial charge < -0.3 is 4.79 Å². The molecule has 1 rings (SSSR count). The predicted molar refractivity (Wildman–Crippen MR) is 63.0 cm³/mol. The van der Waals surface area contributed by atoms with Gasteiger partial charge in [-0.15, -0.1) is 0 Å². The van der Waals surface area contributed by atoms with E-state index in [4.69, 9.17) is 0 Å². The van der Waals surface area contributed by atoms with Crippen LogP contribution in [-0.4, -0.2) is 5.78 Å². The third-order valence-corrected chi connectivity index (χ3v) is 1.44. The first-order valence-corrected chi connectivity index (χ1v) is 4.43. The monoisotopic (exact) mass is 188 g/mol. The zero-order valence-corrected chi connectivity index (χ0v) is 8.79. The molecule has 0 aliphatic rings. The van der Waals surface area contributed by atoms with Crippen molar-refractivity contribution in [2.24, 2.45) is 0 Å². The molecular weight excluding hydrogens is 172 g/mol. The maximum atomic E-state index is 9.44. The Balaban J connectivity index is 0.000000364. The molecule has 0 aliphatic heterocycles. The van der Waals surface area contributed by atoms with Gasteiger partial charge in [0, 0.05) is 0 Å². The Hall–Kier alpha value is -1.63. The van der Waals surface area contributed by atoms with Crippen LogP contribution < -0.4 is 0 Å². The third kappa shape index (κ3) is 5.09. The molecular formula is C13H16O. The van der Waals surface area contributed by atoms with Crippen LogP contribution in [0.15, 0.2) is 37.4 Å². The molecule has 0 N–H and O–H groups in total. The van der Waals surface area contributed by atoms with Crippen LogP contribution in [0.3, 0.4) is 0 Å². The van der Waals surface area contributed by atoms with E-state index in [2.05, 4.69) is 13.2 Å². The Morgan fingerprint density at radius 2 is 1.36 bits per heavy atom. The minimum absolute atomic E-state index is 0.167. The Labute approximate surface area is 85.8 Å². The second-order valence-corrected chi connectivity index (χ2v) is 2.95. The van der Waals surface area contributed by atoms with Gasteiger partial charge in [-0.05, 0) is 25.0 Å². The van der Waals surface area contributed by atoms with E-state index in [0.29, 0.717) is 0 Å². The predicted octanol–water partition coefficient (Wildman–Crippen LogP) is 3.57. The fraction of sp³-hybridized carbons (Fsp3) is 0.154. The first-order valence-electron chi connectivity index (χ1n) is 4.43. The van der Waals surface area contributed by atoms with E-state index in [1.54, 1.807) is 0 Å². The smallest absolute Gasteiger partial charge is 0.126 e. The topological polar surface area (TPSA) is 17.1 Å². The van der Waals surface area contributed by atoms with Crippen molar-refractivity contribution >= 4 is 17.9 Å². The average molecular weight is 188 g/mol. The highest BCUT2D eigenvalue weighted by Gasteiger charge is 1.89. The van der Waals surface area contributed by atoms with Gasteiger partial charge in [-0.3, -0.25) is 0 Å². The molecule has 1 aromatic rings. The average Bonchev–Trinajstić information content (AvgIpc) is 2.17. The van der Waals surface area contributed by atoms with Crippen LogP contribution >= 0.6 is 0 Å². The molecule has 0 radical (unpaired) electrons. The van der Waals surface area contributed by atoms with Gasteiger partial charge >= 0.3 is 0 Å². The highest BCUT2D eigenvalue weighted by atomic mass is 16.1. The number of Topliss-reactive ketones (excluding diaryl/α,β-unsaturated/α-hetero) is 1. The lowest BCUT2D eigenvalue weighted by molar-refractivity contribution is -0.114. The van der Waals surface area contributed by atoms with E-state index in [-0.39, 0.29) is 5.78 Å². The molecule has 1 aromatic carbocycles. The molecule has 0 fully saturated rings. The van der Waals surface area contributed by atoms with Crippen LogP contribution in [0.2, 0.25) is 0 Å². The third-order valence-electron chi connectivity index (χ3n) is 1.44. The lowest BCUT2D eigenvalue weighted by Gasteiger charge is -1.96. The second-order valence-electron chi connectivity index (χ2n) is 2.95. The number of carbonyl (C=O) groups excluding carboxylic acids is 1. The normalized spacial score (nSPS) is 8.14. The van der Waals surface area contributed by atoms with Gasteiger partial charge in [0.2, 0.25) is 0 Å². The summed E-state index contributed by atoms with van der Waals surface area (Å²) in [5, 5.41) is 0. The molecule has 1 heteroatoms. The van der Waals surface area contributed by atoms with Crippen LogP contribution in [-0.2, 0) is 4.79 Å². The minimum atomic E-state index is 0.167. The molecule has 74 valence electrons. The molecule has 0 atom stereocenters. The minimum Gasteiger partial charge on any atom is -0.300 e. The maximum Gasteiger partial charge on any atom is 0.126 e. The number of carbonyl (C=O) groups is 1. The van der Waals surface area contributed by atoms with Crippen molar-refractivity contribution in [2.45, 2.75) is 13.8 Å². The Morgan fingerprint density at radius 1 is 1.07 bits per heavy atom. The Bertz CT molecular complexity index is 293. The summed E-state index contributed by atoms with van der Waals surface area (Å²) >= 11 is 0. The molecule has 0 bridgehead atoms. The van der Waals surface area contributed by atoms with Gasteiger partial charge in [-0.25, -0.2) is 0 Å². The summed E-state index contributed by atoms with van der Waals surface area (Å²) in [5.41, 5.74) is 2.27. The van der Waals surface area contributed by atoms with Crippen molar-refractivity contribution in [2.75, 3.05) is 0 Å². The molecule has 1 nitrogen and oxygen atoms in total. The zero-order valence-electron chi connectivity index (χ0n) is 8.79. The van der Waals surface area contributed by atoms with Crippen LogP contribution in [0.25, 0.3) is 12.2 Å². The molecule has 0 unspecified atom stereocenters. The van der Waals surface area contributed by atoms with Crippen molar-refractivity contribution < 1.29 is 4.79 Å². The van der Waals surface area contributed by atoms with E-state index < -0.39 is 0 Å². The molecule has 0 aliphatic carbocycles. The van der Waals surface area contributed by atoms with E-state index >= 15 is 0 Å². The van der Waals surface area contributed by atoms with Crippen molar-refractivity contribution in [3.63, 3.8) is 0 Å². The van der Waals surface area contributed by atoms with Gasteiger partial charge in [0.25, 0.3) is 0 Å². The van der Waals surface area contributed by atoms with Crippen LogP contribution in [0.4, 0.5) is 0 Å². The molecule has 0 heterocycles. The van der Waals surface area contributed by atoms with Gasteiger partial charge in [0.15, 0.2) is 0 Å². The van der Waals surface area contributed by atoms with E-state index in [1.165, 1.54) is 13.8 Å². The number of hydrogen-bond donors (Lipinski definition) is 0. The Kier molecular flexibility index (Phi) is 6.04. The van der Waals surface area contributed by atoms with Crippen molar-refractivity contribution in [1.82, 2.24) is 0 Å². The lowest BCUT2D eigenvalue weighted by atomic mass is 10.1. The summed E-state index contributed by atoms with van der Waals surface area (Å²) in [4.78, 5) is 9.44. The molecule has 0 saturated heterocycles. The van der Waals surface area contributed by atoms with Crippen molar-refractivity contribution in [3.05, 3.63) is 48.6 Å². The number of benzene rings is 1. The quantitative estimate of drug-likeness (QED) is 0.693. The lowest BCUT2D eigenvalue weighted by Crippen LogP contribution is -1.76. The first-order chi connectivity index (χ1) is 6.61. The highest BCUT2D eigenvalue weighted by Crippen LogP contribution is 2.10. The fourth-order valence-corrected chi connectivity index (χ4v) is 0.883. The summed E-state index contributed by atoms with van der Waals surface area (Å²) in [7, 11) is 0. The number of hydrogen-bond acceptors (Lipinski definition) is 1.